The van der Waals surface area contributed by atoms with E-state index in [0.717, 1.165) is 22.3 Å². The van der Waals surface area contributed by atoms with Crippen LogP contribution < -0.4 is 10.6 Å². The van der Waals surface area contributed by atoms with Crippen LogP contribution in [-0.4, -0.2) is 55.0 Å². The van der Waals surface area contributed by atoms with Gasteiger partial charge in [-0.2, -0.15) is 0 Å². The lowest BCUT2D eigenvalue weighted by atomic mass is 9.98. The van der Waals surface area contributed by atoms with Crippen LogP contribution in [0.15, 0.2) is 48.5 Å². The monoisotopic (exact) mass is 452 g/mol. The number of alkyl carbamates (subject to hydrolysis) is 1. The Hall–Kier alpha value is -3.39. The van der Waals surface area contributed by atoms with Crippen molar-refractivity contribution in [3.8, 4) is 11.1 Å². The maximum atomic E-state index is 12.5. The average Bonchev–Trinajstić information content (AvgIpc) is 3.38. The number of nitrogens with one attached hydrogen (secondary N) is 2. The summed E-state index contributed by atoms with van der Waals surface area (Å²) in [5.74, 6) is -1.57. The minimum atomic E-state index is -0.983. The fraction of sp³-hybridized carbons (Fsp3) is 0.400. The molecule has 2 amide bonds. The molecule has 2 aliphatic rings. The zero-order chi connectivity index (χ0) is 23.4. The molecule has 8 nitrogen and oxygen atoms in total. The Morgan fingerprint density at radius 2 is 1.73 bits per heavy atom. The average molecular weight is 453 g/mol. The van der Waals surface area contributed by atoms with Crippen LogP contribution in [0, 0.1) is 5.92 Å². The lowest BCUT2D eigenvalue weighted by molar-refractivity contribution is -0.138. The van der Waals surface area contributed by atoms with E-state index in [2.05, 4.69) is 34.9 Å². The van der Waals surface area contributed by atoms with Gasteiger partial charge in [0, 0.05) is 31.0 Å². The minimum Gasteiger partial charge on any atom is -0.481 e. The molecular weight excluding hydrogens is 424 g/mol. The zero-order valence-corrected chi connectivity index (χ0v) is 18.5. The van der Waals surface area contributed by atoms with Crippen LogP contribution in [0.25, 0.3) is 11.1 Å². The molecule has 0 bridgehead atoms. The predicted octanol–water partition coefficient (Wildman–Crippen LogP) is 2.91. The maximum Gasteiger partial charge on any atom is 0.407 e. The number of amides is 2. The van der Waals surface area contributed by atoms with E-state index in [1.165, 1.54) is 0 Å². The van der Waals surface area contributed by atoms with Crippen LogP contribution in [0.2, 0.25) is 0 Å². The van der Waals surface area contributed by atoms with Crippen LogP contribution in [0.4, 0.5) is 4.79 Å². The number of rotatable bonds is 8. The van der Waals surface area contributed by atoms with E-state index < -0.39 is 24.2 Å². The van der Waals surface area contributed by atoms with Gasteiger partial charge in [0.05, 0.1) is 6.42 Å². The Morgan fingerprint density at radius 1 is 1.09 bits per heavy atom. The number of hydrogen-bond acceptors (Lipinski definition) is 5. The quantitative estimate of drug-likeness (QED) is 0.568. The number of benzene rings is 2. The highest BCUT2D eigenvalue weighted by atomic mass is 16.5. The Bertz CT molecular complexity index is 994. The fourth-order valence-electron chi connectivity index (χ4n) is 4.63. The molecule has 1 aliphatic heterocycles. The molecule has 0 aromatic heterocycles. The van der Waals surface area contributed by atoms with Crippen molar-refractivity contribution in [2.24, 2.45) is 5.92 Å². The molecule has 1 aliphatic carbocycles. The van der Waals surface area contributed by atoms with E-state index >= 15 is 0 Å². The van der Waals surface area contributed by atoms with Crippen LogP contribution in [0.5, 0.6) is 0 Å². The second-order valence-corrected chi connectivity index (χ2v) is 8.55. The van der Waals surface area contributed by atoms with E-state index in [-0.39, 0.29) is 37.3 Å². The number of carboxylic acid groups (broad SMARTS) is 1. The molecule has 1 fully saturated rings. The molecule has 174 valence electrons. The molecule has 3 atom stereocenters. The molecule has 1 heterocycles. The van der Waals surface area contributed by atoms with Gasteiger partial charge in [-0.1, -0.05) is 48.5 Å². The van der Waals surface area contributed by atoms with Gasteiger partial charge in [0.1, 0.15) is 12.7 Å². The van der Waals surface area contributed by atoms with Crippen molar-refractivity contribution < 1.29 is 29.0 Å². The first-order valence-corrected chi connectivity index (χ1v) is 11.2. The van der Waals surface area contributed by atoms with Crippen molar-refractivity contribution in [1.29, 1.82) is 0 Å². The maximum absolute atomic E-state index is 12.5. The highest BCUT2D eigenvalue weighted by Gasteiger charge is 2.35. The van der Waals surface area contributed by atoms with Gasteiger partial charge in [0.25, 0.3) is 0 Å². The molecule has 0 spiro atoms. The van der Waals surface area contributed by atoms with E-state index in [1.54, 1.807) is 6.92 Å². The van der Waals surface area contributed by atoms with Crippen LogP contribution >= 0.6 is 0 Å². The topological polar surface area (TPSA) is 114 Å². The predicted molar refractivity (Wildman–Crippen MR) is 121 cm³/mol. The molecule has 0 unspecified atom stereocenters. The SMILES string of the molecule is C[C@H](CC(=O)O)NC(=O)[C@@H]1OCC[C@@H]1CNC(=O)OCC1c2ccccc2-c2ccccc21. The van der Waals surface area contributed by atoms with E-state index in [4.69, 9.17) is 14.6 Å². The smallest absolute Gasteiger partial charge is 0.407 e. The van der Waals surface area contributed by atoms with Crippen LogP contribution in [-0.2, 0) is 19.1 Å². The largest absolute Gasteiger partial charge is 0.481 e. The number of ether oxygens (including phenoxy) is 2. The molecule has 4 rings (SSSR count). The molecule has 3 N–H and O–H groups in total. The number of aliphatic carboxylic acids is 1. The van der Waals surface area contributed by atoms with Crippen molar-refractivity contribution in [1.82, 2.24) is 10.6 Å². The van der Waals surface area contributed by atoms with Gasteiger partial charge in [-0.3, -0.25) is 9.59 Å². The van der Waals surface area contributed by atoms with Crippen molar-refractivity contribution in [3.05, 3.63) is 59.7 Å². The van der Waals surface area contributed by atoms with E-state index in [9.17, 15) is 14.4 Å². The summed E-state index contributed by atoms with van der Waals surface area (Å²) in [6, 6.07) is 15.8. The van der Waals surface area contributed by atoms with Crippen molar-refractivity contribution in [2.45, 2.75) is 37.8 Å². The second kappa shape index (κ2) is 10.0. The summed E-state index contributed by atoms with van der Waals surface area (Å²) in [6.45, 7) is 2.49. The molecule has 0 saturated carbocycles. The lowest BCUT2D eigenvalue weighted by Crippen LogP contribution is -2.45. The standard InChI is InChI=1S/C25H28N2O6/c1-15(12-22(28)29)27-24(30)23-16(10-11-32-23)13-26-25(31)33-14-21-19-8-4-2-6-17(19)18-7-3-5-9-20(18)21/h2-9,15-16,21,23H,10-14H2,1H3,(H,26,31)(H,27,30)(H,28,29)/t15-,16-,23-/m1/s1. The van der Waals surface area contributed by atoms with Gasteiger partial charge in [-0.05, 0) is 35.6 Å². The number of hydrogen-bond donors (Lipinski definition) is 3. The van der Waals surface area contributed by atoms with Gasteiger partial charge in [-0.25, -0.2) is 4.79 Å². The molecule has 2 aromatic rings. The van der Waals surface area contributed by atoms with Crippen molar-refractivity contribution in [2.75, 3.05) is 19.8 Å². The third kappa shape index (κ3) is 5.17. The summed E-state index contributed by atoms with van der Waals surface area (Å²) in [5.41, 5.74) is 4.61. The Labute approximate surface area is 192 Å². The summed E-state index contributed by atoms with van der Waals surface area (Å²) in [6.07, 6.45) is -0.812. The van der Waals surface area contributed by atoms with Gasteiger partial charge < -0.3 is 25.2 Å². The Morgan fingerprint density at radius 3 is 2.36 bits per heavy atom. The Balaban J connectivity index is 1.29. The molecule has 2 aromatic carbocycles. The highest BCUT2D eigenvalue weighted by molar-refractivity contribution is 5.82. The first-order valence-electron chi connectivity index (χ1n) is 11.2. The minimum absolute atomic E-state index is 0.0211. The van der Waals surface area contributed by atoms with Crippen LogP contribution in [0.1, 0.15) is 36.8 Å². The van der Waals surface area contributed by atoms with Gasteiger partial charge >= 0.3 is 12.1 Å². The summed E-state index contributed by atoms with van der Waals surface area (Å²) in [5, 5.41) is 14.3. The molecular formula is C25H28N2O6. The lowest BCUT2D eigenvalue weighted by Gasteiger charge is -2.21. The first kappa shape index (κ1) is 22.8. The number of fused-ring (bicyclic) bond motifs is 3. The van der Waals surface area contributed by atoms with Gasteiger partial charge in [0.2, 0.25) is 5.91 Å². The third-order valence-corrected chi connectivity index (χ3v) is 6.19. The molecule has 0 radical (unpaired) electrons. The second-order valence-electron chi connectivity index (χ2n) is 8.55. The fourth-order valence-corrected chi connectivity index (χ4v) is 4.63. The molecule has 8 heteroatoms. The zero-order valence-electron chi connectivity index (χ0n) is 18.5. The number of carbonyl (C=O) groups is 3. The summed E-state index contributed by atoms with van der Waals surface area (Å²) >= 11 is 0. The van der Waals surface area contributed by atoms with Gasteiger partial charge in [0.15, 0.2) is 0 Å². The van der Waals surface area contributed by atoms with Crippen LogP contribution in [0.3, 0.4) is 0 Å². The summed E-state index contributed by atoms with van der Waals surface area (Å²) < 4.78 is 11.1. The van der Waals surface area contributed by atoms with Crippen molar-refractivity contribution >= 4 is 18.0 Å². The number of carbonyl (C=O) groups excluding carboxylic acids is 2. The third-order valence-electron chi connectivity index (χ3n) is 6.19. The molecule has 33 heavy (non-hydrogen) atoms. The normalized spacial score (nSPS) is 19.9. The number of carboxylic acids is 1. The van der Waals surface area contributed by atoms with Gasteiger partial charge in [-0.15, -0.1) is 0 Å². The van der Waals surface area contributed by atoms with E-state index in [0.29, 0.717) is 13.0 Å². The summed E-state index contributed by atoms with van der Waals surface area (Å²) in [7, 11) is 0. The Kier molecular flexibility index (Phi) is 6.93. The van der Waals surface area contributed by atoms with E-state index in [1.807, 2.05) is 24.3 Å². The first-order chi connectivity index (χ1) is 15.9. The van der Waals surface area contributed by atoms with Crippen molar-refractivity contribution in [3.63, 3.8) is 0 Å². The highest BCUT2D eigenvalue weighted by Crippen LogP contribution is 2.44. The molecule has 1 saturated heterocycles. The summed E-state index contributed by atoms with van der Waals surface area (Å²) in [4.78, 5) is 35.7.